The number of halogens is 2. The second-order valence-corrected chi connectivity index (χ2v) is 8.97. The normalized spacial score (nSPS) is 19.4. The van der Waals surface area contributed by atoms with Crippen LogP contribution in [0.15, 0.2) is 18.3 Å². The fraction of sp³-hybridized carbons (Fsp3) is 0.364. The van der Waals surface area contributed by atoms with Crippen LogP contribution >= 0.6 is 11.6 Å². The summed E-state index contributed by atoms with van der Waals surface area (Å²) in [6.45, 7) is 0.232. The summed E-state index contributed by atoms with van der Waals surface area (Å²) in [6, 6.07) is 6.64. The molecule has 0 radical (unpaired) electrons. The number of piperidine rings is 1. The maximum Gasteiger partial charge on any atom is 0.404 e. The Morgan fingerprint density at radius 3 is 2.72 bits per heavy atom. The molecule has 1 aromatic carbocycles. The van der Waals surface area contributed by atoms with Crippen molar-refractivity contribution in [3.63, 3.8) is 0 Å². The Hall–Kier alpha value is -4.36. The van der Waals surface area contributed by atoms with E-state index in [0.29, 0.717) is 29.4 Å². The number of rotatable bonds is 6. The van der Waals surface area contributed by atoms with Gasteiger partial charge in [0.2, 0.25) is 5.95 Å². The van der Waals surface area contributed by atoms with Gasteiger partial charge in [-0.05, 0) is 31.4 Å². The van der Waals surface area contributed by atoms with Crippen LogP contribution in [0.2, 0.25) is 5.02 Å². The van der Waals surface area contributed by atoms with Crippen molar-refractivity contribution >= 4 is 46.5 Å². The molecule has 0 spiro atoms. The fourth-order valence-corrected chi connectivity index (χ4v) is 4.36. The lowest BCUT2D eigenvalue weighted by molar-refractivity contribution is 0.168. The third-order valence-corrected chi connectivity index (χ3v) is 6.41. The smallest absolute Gasteiger partial charge is 0.404 e. The Bertz CT molecular complexity index is 1430. The van der Waals surface area contributed by atoms with Crippen LogP contribution in [-0.2, 0) is 0 Å². The highest BCUT2D eigenvalue weighted by atomic mass is 35.5. The molecule has 2 aromatic heterocycles. The van der Waals surface area contributed by atoms with Gasteiger partial charge in [0, 0.05) is 12.6 Å². The molecule has 2 fully saturated rings. The number of nitrogens with one attached hydrogen (secondary N) is 3. The highest BCUT2D eigenvalue weighted by molar-refractivity contribution is 6.36. The van der Waals surface area contributed by atoms with Crippen molar-refractivity contribution in [2.24, 2.45) is 0 Å². The number of hydrogen-bond donors (Lipinski definition) is 4. The maximum atomic E-state index is 14.7. The van der Waals surface area contributed by atoms with Crippen molar-refractivity contribution < 1.29 is 14.3 Å². The van der Waals surface area contributed by atoms with E-state index in [2.05, 4.69) is 37.1 Å². The van der Waals surface area contributed by atoms with Gasteiger partial charge in [-0.3, -0.25) is 0 Å². The van der Waals surface area contributed by atoms with Crippen LogP contribution in [-0.4, -0.2) is 62.1 Å². The van der Waals surface area contributed by atoms with Crippen LogP contribution in [0.25, 0.3) is 5.65 Å². The molecule has 1 aliphatic carbocycles. The summed E-state index contributed by atoms with van der Waals surface area (Å²) in [7, 11) is 0. The molecule has 184 valence electrons. The van der Waals surface area contributed by atoms with Crippen LogP contribution in [0.3, 0.4) is 0 Å². The third-order valence-electron chi connectivity index (χ3n) is 6.01. The Morgan fingerprint density at radius 2 is 2.06 bits per heavy atom. The summed E-state index contributed by atoms with van der Waals surface area (Å²) in [5, 5.41) is 41.0. The average molecular weight is 511 g/mol. The van der Waals surface area contributed by atoms with E-state index in [0.717, 1.165) is 12.8 Å². The molecule has 2 atom stereocenters. The number of nitriles is 2. The number of anilines is 4. The first kappa shape index (κ1) is 23.4. The minimum Gasteiger partial charge on any atom is -0.465 e. The molecule has 1 aliphatic heterocycles. The van der Waals surface area contributed by atoms with E-state index >= 15 is 0 Å². The molecule has 36 heavy (non-hydrogen) atoms. The molecular weight excluding hydrogens is 491 g/mol. The van der Waals surface area contributed by atoms with Crippen LogP contribution in [0.5, 0.6) is 0 Å². The van der Waals surface area contributed by atoms with Gasteiger partial charge in [-0.1, -0.05) is 11.6 Å². The number of nitrogens with zero attached hydrogens (tertiary/aromatic N) is 7. The molecule has 4 N–H and O–H groups in total. The number of aromatic nitrogens is 4. The Labute approximate surface area is 209 Å². The summed E-state index contributed by atoms with van der Waals surface area (Å²) >= 11 is 6.69. The number of imidazole rings is 1. The molecule has 3 heterocycles. The highest BCUT2D eigenvalue weighted by Gasteiger charge is 2.32. The van der Waals surface area contributed by atoms with E-state index in [9.17, 15) is 19.7 Å². The predicted molar refractivity (Wildman–Crippen MR) is 128 cm³/mol. The zero-order valence-corrected chi connectivity index (χ0v) is 19.5. The first-order valence-corrected chi connectivity index (χ1v) is 11.6. The van der Waals surface area contributed by atoms with Crippen LogP contribution in [0.4, 0.5) is 32.3 Å². The number of benzene rings is 1. The first-order chi connectivity index (χ1) is 17.4. The SMILES string of the molecule is N#Cc1cc(Nc2nc(NC3CC3)c3ncc(C#N)n3n2)c(Cl)c(N2CC[C@@H](NC(=O)O)[C@H](F)C2)c1. The number of fused-ring (bicyclic) bond motifs is 1. The molecule has 2 aliphatic rings. The fourth-order valence-electron chi connectivity index (χ4n) is 4.09. The second kappa shape index (κ2) is 9.36. The van der Waals surface area contributed by atoms with Gasteiger partial charge in [0.25, 0.3) is 0 Å². The molecule has 0 unspecified atom stereocenters. The van der Waals surface area contributed by atoms with Gasteiger partial charge in [0.15, 0.2) is 17.2 Å². The van der Waals surface area contributed by atoms with Crippen molar-refractivity contribution in [2.45, 2.75) is 37.5 Å². The maximum absolute atomic E-state index is 14.7. The molecule has 14 heteroatoms. The Balaban J connectivity index is 1.48. The van der Waals surface area contributed by atoms with Crippen LogP contribution < -0.4 is 20.9 Å². The number of carbonyl (C=O) groups is 1. The first-order valence-electron chi connectivity index (χ1n) is 11.2. The summed E-state index contributed by atoms with van der Waals surface area (Å²) in [5.41, 5.74) is 1.65. The largest absolute Gasteiger partial charge is 0.465 e. The summed E-state index contributed by atoms with van der Waals surface area (Å²) < 4.78 is 16.1. The summed E-state index contributed by atoms with van der Waals surface area (Å²) in [5.74, 6) is 0.577. The molecule has 1 saturated heterocycles. The van der Waals surface area contributed by atoms with Gasteiger partial charge in [0.1, 0.15) is 12.2 Å². The van der Waals surface area contributed by atoms with Crippen molar-refractivity contribution in [3.05, 3.63) is 34.6 Å². The summed E-state index contributed by atoms with van der Waals surface area (Å²) in [4.78, 5) is 21.3. The molecular formula is C22H20ClFN10O2. The molecule has 3 aromatic rings. The van der Waals surface area contributed by atoms with Gasteiger partial charge >= 0.3 is 6.09 Å². The van der Waals surface area contributed by atoms with Gasteiger partial charge < -0.3 is 26.0 Å². The van der Waals surface area contributed by atoms with E-state index in [4.69, 9.17) is 16.7 Å². The van der Waals surface area contributed by atoms with E-state index in [1.807, 2.05) is 6.07 Å². The minimum atomic E-state index is -1.46. The minimum absolute atomic E-state index is 0.0997. The molecule has 1 amide bonds. The second-order valence-electron chi connectivity index (χ2n) is 8.59. The lowest BCUT2D eigenvalue weighted by Gasteiger charge is -2.36. The van der Waals surface area contributed by atoms with E-state index < -0.39 is 18.3 Å². The van der Waals surface area contributed by atoms with Crippen molar-refractivity contribution in [1.29, 1.82) is 10.5 Å². The quantitative estimate of drug-likeness (QED) is 0.387. The molecule has 1 saturated carbocycles. The topological polar surface area (TPSA) is 167 Å². The summed E-state index contributed by atoms with van der Waals surface area (Å²) in [6.07, 6.45) is 0.898. The third kappa shape index (κ3) is 4.61. The zero-order chi connectivity index (χ0) is 25.4. The van der Waals surface area contributed by atoms with Crippen molar-refractivity contribution in [1.82, 2.24) is 24.9 Å². The van der Waals surface area contributed by atoms with Crippen molar-refractivity contribution in [2.75, 3.05) is 28.6 Å². The van der Waals surface area contributed by atoms with Crippen LogP contribution in [0, 0.1) is 22.7 Å². The Kier molecular flexibility index (Phi) is 6.08. The van der Waals surface area contributed by atoms with Crippen LogP contribution in [0.1, 0.15) is 30.5 Å². The molecule has 12 nitrogen and oxygen atoms in total. The van der Waals surface area contributed by atoms with E-state index in [-0.39, 0.29) is 41.2 Å². The van der Waals surface area contributed by atoms with E-state index in [1.165, 1.54) is 16.8 Å². The Morgan fingerprint density at radius 1 is 1.25 bits per heavy atom. The average Bonchev–Trinajstić information content (AvgIpc) is 3.57. The zero-order valence-electron chi connectivity index (χ0n) is 18.7. The lowest BCUT2D eigenvalue weighted by Crippen LogP contribution is -2.52. The standard InChI is InChI=1S/C22H20ClFN10O2/c23-18-16(5-11(7-25)6-17(18)33-4-3-15(14(24)10-33)30-22(35)36)29-21-31-19(28-12-1-2-12)20-27-9-13(8-26)34(20)32-21/h5-6,9,12,14-15,30H,1-4,10H2,(H,35,36)(H2,28,29,31,32)/t14-,15-/m1/s1. The van der Waals surface area contributed by atoms with E-state index in [1.54, 1.807) is 11.0 Å². The molecule has 0 bridgehead atoms. The van der Waals surface area contributed by atoms with Gasteiger partial charge in [-0.2, -0.15) is 20.0 Å². The monoisotopic (exact) mass is 510 g/mol. The van der Waals surface area contributed by atoms with Gasteiger partial charge in [0.05, 0.1) is 46.8 Å². The number of alkyl halides is 1. The number of carboxylic acid groups (broad SMARTS) is 1. The van der Waals surface area contributed by atoms with Gasteiger partial charge in [-0.25, -0.2) is 14.2 Å². The predicted octanol–water partition coefficient (Wildman–Crippen LogP) is 3.02. The highest BCUT2D eigenvalue weighted by Crippen LogP contribution is 2.37. The van der Waals surface area contributed by atoms with Crippen molar-refractivity contribution in [3.8, 4) is 12.1 Å². The number of hydrogen-bond acceptors (Lipinski definition) is 9. The van der Waals surface area contributed by atoms with Gasteiger partial charge in [-0.15, -0.1) is 5.10 Å². The lowest BCUT2D eigenvalue weighted by atomic mass is 10.0. The number of amides is 1. The molecule has 5 rings (SSSR count).